The van der Waals surface area contributed by atoms with Crippen molar-refractivity contribution in [2.45, 2.75) is 12.8 Å². The summed E-state index contributed by atoms with van der Waals surface area (Å²) >= 11 is 0. The van der Waals surface area contributed by atoms with E-state index in [1.54, 1.807) is 0 Å². The Kier molecular flexibility index (Phi) is 2.75. The third kappa shape index (κ3) is 1.35. The van der Waals surface area contributed by atoms with Crippen LogP contribution in [-0.4, -0.2) is 13.1 Å². The van der Waals surface area contributed by atoms with Crippen LogP contribution in [0, 0.1) is 11.8 Å². The molecule has 58 valence electrons. The Morgan fingerprint density at radius 3 is 3.00 bits per heavy atom. The summed E-state index contributed by atoms with van der Waals surface area (Å²) in [5.74, 6) is 1.84. The van der Waals surface area contributed by atoms with Gasteiger partial charge in [-0.1, -0.05) is 12.2 Å². The molecule has 2 unspecified atom stereocenters. The maximum Gasteiger partial charge on any atom is 0.00174 e. The zero-order valence-corrected chi connectivity index (χ0v) is 6.86. The Labute approximate surface area is 68.3 Å². The van der Waals surface area contributed by atoms with E-state index in [0.717, 1.165) is 11.8 Å². The van der Waals surface area contributed by atoms with Gasteiger partial charge in [0.05, 0.1) is 0 Å². The zero-order valence-electron chi connectivity index (χ0n) is 6.05. The smallest absolute Gasteiger partial charge is 0.00174 e. The van der Waals surface area contributed by atoms with Gasteiger partial charge >= 0.3 is 0 Å². The van der Waals surface area contributed by atoms with Crippen LogP contribution in [0.15, 0.2) is 12.2 Å². The summed E-state index contributed by atoms with van der Waals surface area (Å²) in [5.41, 5.74) is 0. The molecule has 0 aromatic rings. The molecule has 2 rings (SSSR count). The number of halogens is 1. The summed E-state index contributed by atoms with van der Waals surface area (Å²) in [7, 11) is 0. The summed E-state index contributed by atoms with van der Waals surface area (Å²) in [6.45, 7) is 2.48. The van der Waals surface area contributed by atoms with Crippen molar-refractivity contribution in [3.8, 4) is 0 Å². The van der Waals surface area contributed by atoms with E-state index in [2.05, 4.69) is 17.5 Å². The molecule has 0 radical (unpaired) electrons. The number of hydrogen-bond donors (Lipinski definition) is 1. The highest BCUT2D eigenvalue weighted by Crippen LogP contribution is 2.26. The lowest BCUT2D eigenvalue weighted by molar-refractivity contribution is 0.442. The van der Waals surface area contributed by atoms with E-state index in [4.69, 9.17) is 0 Å². The average Bonchev–Trinajstić information content (AvgIpc) is 2.33. The molecular formula is C8H14ClN. The monoisotopic (exact) mass is 159 g/mol. The van der Waals surface area contributed by atoms with Crippen LogP contribution in [0.3, 0.4) is 0 Å². The van der Waals surface area contributed by atoms with Crippen LogP contribution < -0.4 is 5.32 Å². The van der Waals surface area contributed by atoms with E-state index in [9.17, 15) is 0 Å². The highest BCUT2D eigenvalue weighted by atomic mass is 35.5. The first-order valence-corrected chi connectivity index (χ1v) is 3.84. The van der Waals surface area contributed by atoms with E-state index in [0.29, 0.717) is 0 Å². The van der Waals surface area contributed by atoms with E-state index in [1.807, 2.05) is 0 Å². The van der Waals surface area contributed by atoms with Crippen molar-refractivity contribution in [2.24, 2.45) is 11.8 Å². The molecule has 1 aliphatic carbocycles. The van der Waals surface area contributed by atoms with E-state index < -0.39 is 0 Å². The minimum Gasteiger partial charge on any atom is -0.316 e. The number of fused-ring (bicyclic) bond motifs is 1. The molecule has 0 spiro atoms. The summed E-state index contributed by atoms with van der Waals surface area (Å²) in [6, 6.07) is 0. The largest absolute Gasteiger partial charge is 0.316 e. The van der Waals surface area contributed by atoms with Crippen molar-refractivity contribution in [2.75, 3.05) is 13.1 Å². The van der Waals surface area contributed by atoms with Crippen LogP contribution in [0.4, 0.5) is 0 Å². The van der Waals surface area contributed by atoms with Crippen LogP contribution in [0.1, 0.15) is 12.8 Å². The Hall–Kier alpha value is -0.0100. The number of hydrogen-bond acceptors (Lipinski definition) is 1. The zero-order chi connectivity index (χ0) is 6.10. The second-order valence-electron chi connectivity index (χ2n) is 3.09. The molecule has 10 heavy (non-hydrogen) atoms. The van der Waals surface area contributed by atoms with Gasteiger partial charge in [0, 0.05) is 6.54 Å². The van der Waals surface area contributed by atoms with Crippen molar-refractivity contribution < 1.29 is 0 Å². The van der Waals surface area contributed by atoms with Crippen LogP contribution in [-0.2, 0) is 0 Å². The van der Waals surface area contributed by atoms with Crippen LogP contribution >= 0.6 is 12.4 Å². The van der Waals surface area contributed by atoms with Gasteiger partial charge in [-0.05, 0) is 31.2 Å². The second kappa shape index (κ2) is 3.40. The SMILES string of the molecule is C1=CC2CNCC2CC1.Cl. The van der Waals surface area contributed by atoms with Crippen LogP contribution in [0.25, 0.3) is 0 Å². The minimum absolute atomic E-state index is 0. The van der Waals surface area contributed by atoms with Gasteiger partial charge in [0.2, 0.25) is 0 Å². The maximum absolute atomic E-state index is 3.41. The molecule has 2 heteroatoms. The molecule has 1 N–H and O–H groups in total. The second-order valence-corrected chi connectivity index (χ2v) is 3.09. The van der Waals surface area contributed by atoms with E-state index >= 15 is 0 Å². The fraction of sp³-hybridized carbons (Fsp3) is 0.750. The standard InChI is InChI=1S/C8H13N.ClH/c1-2-4-8-6-9-5-7(8)3-1;/h1,3,7-9H,2,4-6H2;1H. The lowest BCUT2D eigenvalue weighted by Gasteiger charge is -2.17. The van der Waals surface area contributed by atoms with Crippen molar-refractivity contribution >= 4 is 12.4 Å². The number of rotatable bonds is 0. The third-order valence-electron chi connectivity index (χ3n) is 2.48. The van der Waals surface area contributed by atoms with Gasteiger partial charge in [-0.15, -0.1) is 12.4 Å². The summed E-state index contributed by atoms with van der Waals surface area (Å²) in [6.07, 6.45) is 7.43. The average molecular weight is 160 g/mol. The molecule has 2 atom stereocenters. The van der Waals surface area contributed by atoms with Gasteiger partial charge in [-0.2, -0.15) is 0 Å². The normalized spacial score (nSPS) is 36.8. The van der Waals surface area contributed by atoms with Crippen LogP contribution in [0.2, 0.25) is 0 Å². The summed E-state index contributed by atoms with van der Waals surface area (Å²) in [4.78, 5) is 0. The van der Waals surface area contributed by atoms with E-state index in [1.165, 1.54) is 25.9 Å². The Morgan fingerprint density at radius 2 is 2.20 bits per heavy atom. The van der Waals surface area contributed by atoms with Gasteiger partial charge in [-0.3, -0.25) is 0 Å². The topological polar surface area (TPSA) is 12.0 Å². The molecule has 1 aliphatic heterocycles. The number of allylic oxidation sites excluding steroid dienone is 1. The first-order valence-electron chi connectivity index (χ1n) is 3.84. The van der Waals surface area contributed by atoms with Gasteiger partial charge in [-0.25, -0.2) is 0 Å². The van der Waals surface area contributed by atoms with Gasteiger partial charge < -0.3 is 5.32 Å². The molecule has 0 aromatic carbocycles. The molecule has 0 bridgehead atoms. The summed E-state index contributed by atoms with van der Waals surface area (Å²) in [5, 5.41) is 3.41. The minimum atomic E-state index is 0. The van der Waals surface area contributed by atoms with Gasteiger partial charge in [0.25, 0.3) is 0 Å². The Morgan fingerprint density at radius 1 is 1.30 bits per heavy atom. The highest BCUT2D eigenvalue weighted by molar-refractivity contribution is 5.85. The molecule has 1 heterocycles. The predicted octanol–water partition coefficient (Wildman–Crippen LogP) is 1.59. The maximum atomic E-state index is 3.41. The predicted molar refractivity (Wildman–Crippen MR) is 45.5 cm³/mol. The highest BCUT2D eigenvalue weighted by Gasteiger charge is 2.25. The van der Waals surface area contributed by atoms with Crippen molar-refractivity contribution in [3.63, 3.8) is 0 Å². The summed E-state index contributed by atoms with van der Waals surface area (Å²) < 4.78 is 0. The van der Waals surface area contributed by atoms with Crippen molar-refractivity contribution in [1.82, 2.24) is 5.32 Å². The lowest BCUT2D eigenvalue weighted by atomic mass is 9.87. The van der Waals surface area contributed by atoms with E-state index in [-0.39, 0.29) is 12.4 Å². The fourth-order valence-corrected chi connectivity index (χ4v) is 1.88. The van der Waals surface area contributed by atoms with Crippen molar-refractivity contribution in [1.29, 1.82) is 0 Å². The molecule has 0 aromatic heterocycles. The molecular weight excluding hydrogens is 146 g/mol. The molecule has 2 aliphatic rings. The van der Waals surface area contributed by atoms with Gasteiger partial charge in [0.15, 0.2) is 0 Å². The molecule has 1 saturated heterocycles. The quantitative estimate of drug-likeness (QED) is 0.530. The first-order chi connectivity index (χ1) is 4.47. The third-order valence-corrected chi connectivity index (χ3v) is 2.48. The molecule has 1 nitrogen and oxygen atoms in total. The Balaban J connectivity index is 0.000000500. The van der Waals surface area contributed by atoms with Crippen molar-refractivity contribution in [3.05, 3.63) is 12.2 Å². The molecule has 1 fully saturated rings. The molecule has 0 saturated carbocycles. The lowest BCUT2D eigenvalue weighted by Crippen LogP contribution is -2.12. The van der Waals surface area contributed by atoms with Gasteiger partial charge in [0.1, 0.15) is 0 Å². The Bertz CT molecular complexity index is 133. The number of nitrogens with one attached hydrogen (secondary N) is 1. The molecule has 0 amide bonds. The van der Waals surface area contributed by atoms with Crippen LogP contribution in [0.5, 0.6) is 0 Å². The fourth-order valence-electron chi connectivity index (χ4n) is 1.88. The first kappa shape index (κ1) is 8.09.